The van der Waals surface area contributed by atoms with Gasteiger partial charge in [0.25, 0.3) is 0 Å². The van der Waals surface area contributed by atoms with Gasteiger partial charge in [0.15, 0.2) is 5.78 Å². The third-order valence-corrected chi connectivity index (χ3v) is 5.86. The number of piperidine rings is 1. The fourth-order valence-corrected chi connectivity index (χ4v) is 4.60. The Labute approximate surface area is 156 Å². The first-order chi connectivity index (χ1) is 12.9. The Bertz CT molecular complexity index is 808. The van der Waals surface area contributed by atoms with Crippen molar-refractivity contribution in [2.75, 3.05) is 0 Å². The van der Waals surface area contributed by atoms with E-state index in [4.69, 9.17) is 0 Å². The minimum atomic E-state index is -4.54. The van der Waals surface area contributed by atoms with Crippen LogP contribution in [0.3, 0.4) is 0 Å². The van der Waals surface area contributed by atoms with Crippen LogP contribution in [0.25, 0.3) is 0 Å². The van der Waals surface area contributed by atoms with Gasteiger partial charge >= 0.3 is 6.18 Å². The maximum atomic E-state index is 13.3. The normalized spacial score (nSPS) is 25.5. The van der Waals surface area contributed by atoms with Crippen LogP contribution in [0.2, 0.25) is 0 Å². The Morgan fingerprint density at radius 2 is 1.74 bits per heavy atom. The van der Waals surface area contributed by atoms with Crippen LogP contribution < -0.4 is 0 Å². The second-order valence-corrected chi connectivity index (χ2v) is 7.49. The van der Waals surface area contributed by atoms with Crippen molar-refractivity contribution in [1.29, 1.82) is 0 Å². The van der Waals surface area contributed by atoms with Gasteiger partial charge in [-0.25, -0.2) is 0 Å². The number of ketones is 1. The maximum Gasteiger partial charge on any atom is 0.417 e. The van der Waals surface area contributed by atoms with E-state index in [2.05, 4.69) is 22.0 Å². The van der Waals surface area contributed by atoms with Crippen LogP contribution in [0.15, 0.2) is 48.8 Å². The van der Waals surface area contributed by atoms with E-state index >= 15 is 0 Å². The molecule has 0 spiro atoms. The van der Waals surface area contributed by atoms with Crippen molar-refractivity contribution in [2.24, 2.45) is 5.92 Å². The summed E-state index contributed by atoms with van der Waals surface area (Å²) in [7, 11) is 0. The summed E-state index contributed by atoms with van der Waals surface area (Å²) in [6.45, 7) is 0.831. The molecule has 6 heteroatoms. The molecule has 3 nitrogen and oxygen atoms in total. The summed E-state index contributed by atoms with van der Waals surface area (Å²) < 4.78 is 39.8. The Hall–Kier alpha value is -2.21. The molecule has 27 heavy (non-hydrogen) atoms. The van der Waals surface area contributed by atoms with Gasteiger partial charge in [0, 0.05) is 42.5 Å². The predicted molar refractivity (Wildman–Crippen MR) is 95.1 cm³/mol. The molecule has 1 aromatic heterocycles. The molecule has 3 heterocycles. The summed E-state index contributed by atoms with van der Waals surface area (Å²) in [5, 5.41) is 0. The quantitative estimate of drug-likeness (QED) is 0.726. The van der Waals surface area contributed by atoms with Crippen LogP contribution in [0, 0.1) is 5.92 Å². The molecule has 2 aliphatic heterocycles. The van der Waals surface area contributed by atoms with Crippen molar-refractivity contribution >= 4 is 5.78 Å². The van der Waals surface area contributed by atoms with E-state index in [-0.39, 0.29) is 23.6 Å². The lowest BCUT2D eigenvalue weighted by atomic mass is 9.83. The lowest BCUT2D eigenvalue weighted by molar-refractivity contribution is -0.138. The van der Waals surface area contributed by atoms with Crippen molar-refractivity contribution in [1.82, 2.24) is 9.88 Å². The number of carbonyl (C=O) groups is 1. The van der Waals surface area contributed by atoms with Gasteiger partial charge in [-0.05, 0) is 37.3 Å². The van der Waals surface area contributed by atoms with Crippen molar-refractivity contribution in [3.63, 3.8) is 0 Å². The molecule has 4 rings (SSSR count). The number of benzene rings is 1. The summed E-state index contributed by atoms with van der Waals surface area (Å²) >= 11 is 0. The van der Waals surface area contributed by atoms with Crippen LogP contribution in [-0.2, 0) is 12.7 Å². The molecular weight excluding hydrogens is 353 g/mol. The van der Waals surface area contributed by atoms with Gasteiger partial charge < -0.3 is 0 Å². The molecule has 0 N–H and O–H groups in total. The maximum absolute atomic E-state index is 13.3. The fourth-order valence-electron chi connectivity index (χ4n) is 4.60. The summed E-state index contributed by atoms with van der Waals surface area (Å²) in [6, 6.07) is 11.6. The number of fused-ring (bicyclic) bond motifs is 2. The van der Waals surface area contributed by atoms with E-state index in [9.17, 15) is 18.0 Å². The van der Waals surface area contributed by atoms with Gasteiger partial charge in [0.1, 0.15) is 0 Å². The molecule has 0 radical (unpaired) electrons. The zero-order valence-electron chi connectivity index (χ0n) is 14.8. The number of alkyl halides is 3. The molecular formula is C21H21F3N2O. The summed E-state index contributed by atoms with van der Waals surface area (Å²) in [5.41, 5.74) is 0.0678. The first-order valence-corrected chi connectivity index (χ1v) is 9.28. The molecule has 2 fully saturated rings. The highest BCUT2D eigenvalue weighted by Crippen LogP contribution is 2.42. The number of rotatable bonds is 4. The molecule has 2 saturated heterocycles. The third-order valence-electron chi connectivity index (χ3n) is 5.86. The first-order valence-electron chi connectivity index (χ1n) is 9.28. The van der Waals surface area contributed by atoms with Gasteiger partial charge in [0.05, 0.1) is 5.56 Å². The average molecular weight is 374 g/mol. The largest absolute Gasteiger partial charge is 0.417 e. The van der Waals surface area contributed by atoms with E-state index in [0.29, 0.717) is 12.8 Å². The van der Waals surface area contributed by atoms with Crippen LogP contribution in [0.5, 0.6) is 0 Å². The van der Waals surface area contributed by atoms with E-state index in [1.807, 2.05) is 18.2 Å². The smallest absolute Gasteiger partial charge is 0.294 e. The van der Waals surface area contributed by atoms with Crippen LogP contribution in [0.1, 0.15) is 47.2 Å². The second-order valence-electron chi connectivity index (χ2n) is 7.49. The van der Waals surface area contributed by atoms with Crippen LogP contribution in [0.4, 0.5) is 13.2 Å². The topological polar surface area (TPSA) is 33.2 Å². The third kappa shape index (κ3) is 3.63. The summed E-state index contributed by atoms with van der Waals surface area (Å²) in [4.78, 5) is 19.1. The van der Waals surface area contributed by atoms with Crippen LogP contribution in [-0.4, -0.2) is 27.8 Å². The monoisotopic (exact) mass is 374 g/mol. The zero-order valence-corrected chi connectivity index (χ0v) is 14.8. The fraction of sp³-hybridized carbons (Fsp3) is 0.429. The highest BCUT2D eigenvalue weighted by Gasteiger charge is 2.44. The van der Waals surface area contributed by atoms with Gasteiger partial charge in [-0.3, -0.25) is 14.7 Å². The van der Waals surface area contributed by atoms with E-state index in [0.717, 1.165) is 37.8 Å². The second kappa shape index (κ2) is 7.08. The predicted octanol–water partition coefficient (Wildman–Crippen LogP) is 4.73. The molecule has 2 aromatic rings. The number of aromatic nitrogens is 1. The van der Waals surface area contributed by atoms with Gasteiger partial charge in [-0.15, -0.1) is 0 Å². The van der Waals surface area contributed by atoms with Crippen molar-refractivity contribution in [2.45, 2.75) is 50.5 Å². The minimum absolute atomic E-state index is 0.254. The Kier molecular flexibility index (Phi) is 4.76. The molecule has 2 aliphatic rings. The van der Waals surface area contributed by atoms with Crippen LogP contribution >= 0.6 is 0 Å². The number of nitrogens with zero attached hydrogens (tertiary/aromatic N) is 2. The Morgan fingerprint density at radius 1 is 1.07 bits per heavy atom. The lowest BCUT2D eigenvalue weighted by Crippen LogP contribution is -2.44. The average Bonchev–Trinajstić information content (AvgIpc) is 2.89. The molecule has 142 valence electrons. The van der Waals surface area contributed by atoms with Gasteiger partial charge in [-0.2, -0.15) is 13.2 Å². The molecule has 0 saturated carbocycles. The Balaban J connectivity index is 1.51. The lowest BCUT2D eigenvalue weighted by Gasteiger charge is -2.38. The molecule has 2 atom stereocenters. The van der Waals surface area contributed by atoms with Crippen molar-refractivity contribution in [3.05, 3.63) is 65.5 Å². The van der Waals surface area contributed by atoms with Crippen molar-refractivity contribution in [3.8, 4) is 0 Å². The number of hydrogen-bond acceptors (Lipinski definition) is 3. The number of halogens is 3. The zero-order chi connectivity index (χ0) is 19.0. The van der Waals surface area contributed by atoms with Crippen molar-refractivity contribution < 1.29 is 18.0 Å². The molecule has 0 aliphatic carbocycles. The Morgan fingerprint density at radius 3 is 2.37 bits per heavy atom. The first kappa shape index (κ1) is 18.2. The SMILES string of the molecule is O=C(c1cnccc1C(F)(F)F)C1CC2CCC(C1)N2Cc1ccccc1. The highest BCUT2D eigenvalue weighted by atomic mass is 19.4. The molecule has 1 aromatic carbocycles. The van der Waals surface area contributed by atoms with E-state index in [1.54, 1.807) is 0 Å². The number of carbonyl (C=O) groups excluding carboxylic acids is 1. The molecule has 2 bridgehead atoms. The highest BCUT2D eigenvalue weighted by molar-refractivity contribution is 5.99. The minimum Gasteiger partial charge on any atom is -0.294 e. The van der Waals surface area contributed by atoms with Gasteiger partial charge in [-0.1, -0.05) is 30.3 Å². The standard InChI is InChI=1S/C21H21F3N2O/c22-21(23,24)19-8-9-25-12-18(19)20(27)15-10-16-6-7-17(11-15)26(16)13-14-4-2-1-3-5-14/h1-5,8-9,12,15-17H,6-7,10-11,13H2. The van der Waals surface area contributed by atoms with E-state index in [1.165, 1.54) is 5.56 Å². The number of hydrogen-bond donors (Lipinski definition) is 0. The van der Waals surface area contributed by atoms with Gasteiger partial charge in [0.2, 0.25) is 0 Å². The summed E-state index contributed by atoms with van der Waals surface area (Å²) in [5.74, 6) is -0.772. The molecule has 0 amide bonds. The number of pyridine rings is 1. The molecule has 2 unspecified atom stereocenters. The number of Topliss-reactive ketones (excluding diaryl/α,β-unsaturated/α-hetero) is 1. The summed E-state index contributed by atoms with van der Waals surface area (Å²) in [6.07, 6.45) is 0.861. The van der Waals surface area contributed by atoms with E-state index < -0.39 is 17.5 Å².